The van der Waals surface area contributed by atoms with Crippen LogP contribution >= 0.6 is 0 Å². The number of methoxy groups -OCH3 is 1. The summed E-state index contributed by atoms with van der Waals surface area (Å²) in [5, 5.41) is 13.6. The third kappa shape index (κ3) is 4.37. The van der Waals surface area contributed by atoms with Gasteiger partial charge in [0.2, 0.25) is 0 Å². The van der Waals surface area contributed by atoms with Crippen LogP contribution in [0.5, 0.6) is 5.75 Å². The zero-order chi connectivity index (χ0) is 19.5. The minimum absolute atomic E-state index is 0.0429. The van der Waals surface area contributed by atoms with Crippen LogP contribution in [0.2, 0.25) is 0 Å². The molecule has 138 valence electrons. The van der Waals surface area contributed by atoms with Crippen molar-refractivity contribution >= 4 is 21.4 Å². The van der Waals surface area contributed by atoms with Gasteiger partial charge in [0, 0.05) is 18.4 Å². The smallest absolute Gasteiger partial charge is 0.270 e. The molecule has 0 heterocycles. The molecular formula is C17H18N2O6S. The number of non-ortho nitro benzene ring substituents is 1. The minimum Gasteiger partial charge on any atom is -0.496 e. The molecule has 2 aromatic carbocycles. The summed E-state index contributed by atoms with van der Waals surface area (Å²) in [6.45, 7) is 1.72. The van der Waals surface area contributed by atoms with Crippen LogP contribution in [-0.2, 0) is 9.84 Å². The van der Waals surface area contributed by atoms with Crippen molar-refractivity contribution < 1.29 is 22.9 Å². The highest BCUT2D eigenvalue weighted by Crippen LogP contribution is 2.25. The topological polar surface area (TPSA) is 116 Å². The molecule has 0 spiro atoms. The highest BCUT2D eigenvalue weighted by atomic mass is 32.2. The molecule has 2 aromatic rings. The van der Waals surface area contributed by atoms with E-state index >= 15 is 0 Å². The molecule has 0 fully saturated rings. The van der Waals surface area contributed by atoms with Gasteiger partial charge in [-0.05, 0) is 30.7 Å². The fourth-order valence-electron chi connectivity index (χ4n) is 2.35. The Morgan fingerprint density at radius 1 is 1.19 bits per heavy atom. The van der Waals surface area contributed by atoms with E-state index in [1.165, 1.54) is 31.4 Å². The number of sulfone groups is 1. The molecule has 0 saturated carbocycles. The third-order valence-electron chi connectivity index (χ3n) is 3.79. The molecular weight excluding hydrogens is 360 g/mol. The zero-order valence-electron chi connectivity index (χ0n) is 14.4. The quantitative estimate of drug-likeness (QED) is 0.610. The van der Waals surface area contributed by atoms with Crippen molar-refractivity contribution in [3.05, 3.63) is 63.7 Å². The van der Waals surface area contributed by atoms with E-state index < -0.39 is 26.7 Å². The second-order valence-corrected chi connectivity index (χ2v) is 7.69. The zero-order valence-corrected chi connectivity index (χ0v) is 15.2. The van der Waals surface area contributed by atoms with Gasteiger partial charge in [-0.1, -0.05) is 12.1 Å². The largest absolute Gasteiger partial charge is 0.496 e. The van der Waals surface area contributed by atoms with E-state index in [1.807, 2.05) is 0 Å². The average Bonchev–Trinajstić information content (AvgIpc) is 2.60. The number of nitrogens with one attached hydrogen (secondary N) is 1. The lowest BCUT2D eigenvalue weighted by Crippen LogP contribution is -2.27. The summed E-state index contributed by atoms with van der Waals surface area (Å²) in [6, 6.07) is 9.44. The van der Waals surface area contributed by atoms with Crippen LogP contribution in [0.3, 0.4) is 0 Å². The van der Waals surface area contributed by atoms with Crippen LogP contribution in [0.25, 0.3) is 0 Å². The number of nitrogens with zero attached hydrogens (tertiary/aromatic N) is 1. The molecule has 0 aliphatic carbocycles. The van der Waals surface area contributed by atoms with E-state index in [-0.39, 0.29) is 21.9 Å². The van der Waals surface area contributed by atoms with Crippen LogP contribution < -0.4 is 10.1 Å². The molecule has 8 nitrogen and oxygen atoms in total. The summed E-state index contributed by atoms with van der Waals surface area (Å²) in [6.07, 6.45) is 1.11. The predicted octanol–water partition coefficient (Wildman–Crippen LogP) is 2.50. The number of nitro benzene ring substituents is 1. The maximum atomic E-state index is 12.5. The van der Waals surface area contributed by atoms with Gasteiger partial charge in [0.25, 0.3) is 11.6 Å². The molecule has 2 rings (SSSR count). The van der Waals surface area contributed by atoms with Crippen molar-refractivity contribution in [2.24, 2.45) is 0 Å². The molecule has 26 heavy (non-hydrogen) atoms. The van der Waals surface area contributed by atoms with Gasteiger partial charge in [0.1, 0.15) is 5.75 Å². The summed E-state index contributed by atoms with van der Waals surface area (Å²) in [5.74, 6) is -0.321. The van der Waals surface area contributed by atoms with E-state index in [0.717, 1.165) is 12.3 Å². The normalized spacial score (nSPS) is 12.3. The average molecular weight is 378 g/mol. The monoisotopic (exact) mass is 378 g/mol. The van der Waals surface area contributed by atoms with Gasteiger partial charge >= 0.3 is 0 Å². The third-order valence-corrected chi connectivity index (χ3v) is 4.92. The van der Waals surface area contributed by atoms with Gasteiger partial charge < -0.3 is 10.1 Å². The van der Waals surface area contributed by atoms with Crippen LogP contribution in [-0.4, -0.2) is 32.6 Å². The number of rotatable bonds is 6. The van der Waals surface area contributed by atoms with Gasteiger partial charge in [0.15, 0.2) is 9.84 Å². The molecule has 1 N–H and O–H groups in total. The Hall–Kier alpha value is -2.94. The van der Waals surface area contributed by atoms with Crippen LogP contribution in [0, 0.1) is 10.1 Å². The Morgan fingerprint density at radius 3 is 2.31 bits per heavy atom. The fraction of sp³-hybridized carbons (Fsp3) is 0.235. The first-order valence-electron chi connectivity index (χ1n) is 7.57. The van der Waals surface area contributed by atoms with Crippen molar-refractivity contribution in [2.75, 3.05) is 13.4 Å². The Balaban J connectivity index is 2.24. The van der Waals surface area contributed by atoms with Crippen LogP contribution in [0.1, 0.15) is 28.9 Å². The molecule has 0 aliphatic rings. The van der Waals surface area contributed by atoms with E-state index in [9.17, 15) is 23.3 Å². The van der Waals surface area contributed by atoms with Crippen molar-refractivity contribution in [1.82, 2.24) is 5.32 Å². The van der Waals surface area contributed by atoms with Gasteiger partial charge in [-0.25, -0.2) is 8.42 Å². The van der Waals surface area contributed by atoms with Gasteiger partial charge in [-0.2, -0.15) is 0 Å². The van der Waals surface area contributed by atoms with Gasteiger partial charge in [0.05, 0.1) is 28.5 Å². The maximum Gasteiger partial charge on any atom is 0.270 e. The number of benzene rings is 2. The summed E-state index contributed by atoms with van der Waals surface area (Å²) in [7, 11) is -1.93. The Morgan fingerprint density at radius 2 is 1.81 bits per heavy atom. The summed E-state index contributed by atoms with van der Waals surface area (Å²) in [4.78, 5) is 23.0. The fourth-order valence-corrected chi connectivity index (χ4v) is 2.98. The second kappa shape index (κ2) is 7.52. The van der Waals surface area contributed by atoms with E-state index in [4.69, 9.17) is 4.74 Å². The van der Waals surface area contributed by atoms with Gasteiger partial charge in [-0.3, -0.25) is 14.9 Å². The number of ether oxygens (including phenoxy) is 1. The highest BCUT2D eigenvalue weighted by molar-refractivity contribution is 7.90. The lowest BCUT2D eigenvalue weighted by Gasteiger charge is -2.16. The molecule has 1 unspecified atom stereocenters. The minimum atomic E-state index is -3.30. The van der Waals surface area contributed by atoms with E-state index in [0.29, 0.717) is 5.56 Å². The lowest BCUT2D eigenvalue weighted by atomic mass is 10.1. The van der Waals surface area contributed by atoms with E-state index in [1.54, 1.807) is 19.1 Å². The predicted molar refractivity (Wildman–Crippen MR) is 95.1 cm³/mol. The Kier molecular flexibility index (Phi) is 5.61. The Bertz CT molecular complexity index is 938. The molecule has 0 saturated heterocycles. The molecule has 0 radical (unpaired) electrons. The number of hydrogen-bond acceptors (Lipinski definition) is 6. The molecule has 1 atom stereocenters. The first-order valence-corrected chi connectivity index (χ1v) is 9.46. The second-order valence-electron chi connectivity index (χ2n) is 5.68. The number of nitro groups is 1. The van der Waals surface area contributed by atoms with Crippen LogP contribution in [0.4, 0.5) is 5.69 Å². The summed E-state index contributed by atoms with van der Waals surface area (Å²) in [5.41, 5.74) is 0.512. The standard InChI is InChI=1S/C17H18N2O6S/c1-11(12-4-7-14(8-5-12)26(3,23)24)18-17(20)15-10-13(19(21)22)6-9-16(15)25-2/h4-11H,1-3H3,(H,18,20). The van der Waals surface area contributed by atoms with Crippen LogP contribution in [0.15, 0.2) is 47.4 Å². The number of carbonyl (C=O) groups is 1. The number of amides is 1. The summed E-state index contributed by atoms with van der Waals surface area (Å²) >= 11 is 0. The summed E-state index contributed by atoms with van der Waals surface area (Å²) < 4.78 is 28.1. The van der Waals surface area contributed by atoms with Crippen molar-refractivity contribution in [2.45, 2.75) is 17.9 Å². The van der Waals surface area contributed by atoms with E-state index in [2.05, 4.69) is 5.32 Å². The number of carbonyl (C=O) groups excluding carboxylic acids is 1. The molecule has 9 heteroatoms. The molecule has 0 bridgehead atoms. The first kappa shape index (κ1) is 19.4. The van der Waals surface area contributed by atoms with Crippen molar-refractivity contribution in [1.29, 1.82) is 0 Å². The van der Waals surface area contributed by atoms with Crippen molar-refractivity contribution in [3.63, 3.8) is 0 Å². The highest BCUT2D eigenvalue weighted by Gasteiger charge is 2.19. The number of hydrogen-bond donors (Lipinski definition) is 1. The Labute approximate surface area is 150 Å². The first-order chi connectivity index (χ1) is 12.1. The molecule has 1 amide bonds. The maximum absolute atomic E-state index is 12.5. The SMILES string of the molecule is COc1ccc([N+](=O)[O-])cc1C(=O)NC(C)c1ccc(S(C)(=O)=O)cc1. The lowest BCUT2D eigenvalue weighted by molar-refractivity contribution is -0.384. The molecule has 0 aromatic heterocycles. The molecule has 0 aliphatic heterocycles. The van der Waals surface area contributed by atoms with Crippen molar-refractivity contribution in [3.8, 4) is 5.75 Å². The van der Waals surface area contributed by atoms with Gasteiger partial charge in [-0.15, -0.1) is 0 Å².